The highest BCUT2D eigenvalue weighted by atomic mass is 79.9. The molecule has 0 saturated heterocycles. The van der Waals surface area contributed by atoms with E-state index in [0.29, 0.717) is 0 Å². The summed E-state index contributed by atoms with van der Waals surface area (Å²) in [6, 6.07) is 10.4. The first-order valence-corrected chi connectivity index (χ1v) is 6.90. The highest BCUT2D eigenvalue weighted by Crippen LogP contribution is 2.31. The fraction of sp³-hybridized carbons (Fsp3) is 0.200. The van der Waals surface area contributed by atoms with Gasteiger partial charge >= 0.3 is 5.97 Å². The number of carbonyl (C=O) groups is 1. The number of aryl methyl sites for hydroxylation is 1. The van der Waals surface area contributed by atoms with Crippen LogP contribution in [0.3, 0.4) is 0 Å². The van der Waals surface area contributed by atoms with Crippen LogP contribution >= 0.6 is 15.9 Å². The third-order valence-electron chi connectivity index (χ3n) is 3.27. The van der Waals surface area contributed by atoms with Gasteiger partial charge in [0.05, 0.1) is 5.71 Å². The minimum atomic E-state index is -0.385. The van der Waals surface area contributed by atoms with Gasteiger partial charge in [0.1, 0.15) is 0 Å². The Balaban J connectivity index is 2.17. The minimum Gasteiger partial charge on any atom is -0.318 e. The molecular formula is C15H12BrNO2. The molecule has 0 aromatic heterocycles. The number of carbonyl (C=O) groups excluding carboxylic acids is 1. The van der Waals surface area contributed by atoms with E-state index in [-0.39, 0.29) is 5.97 Å². The number of nitrogens with zero attached hydrogens (tertiary/aromatic N) is 1. The van der Waals surface area contributed by atoms with Gasteiger partial charge in [-0.2, -0.15) is 0 Å². The van der Waals surface area contributed by atoms with Crippen LogP contribution in [0.1, 0.15) is 24.5 Å². The second-order valence-electron chi connectivity index (χ2n) is 4.59. The van der Waals surface area contributed by atoms with Gasteiger partial charge in [0.15, 0.2) is 0 Å². The Morgan fingerprint density at radius 1 is 1.26 bits per heavy atom. The molecule has 0 radical (unpaired) electrons. The zero-order valence-corrected chi connectivity index (χ0v) is 12.0. The number of hydrogen-bond donors (Lipinski definition) is 0. The molecule has 0 amide bonds. The molecular weight excluding hydrogens is 306 g/mol. The lowest BCUT2D eigenvalue weighted by Gasteiger charge is -2.06. The van der Waals surface area contributed by atoms with E-state index in [1.807, 2.05) is 6.07 Å². The lowest BCUT2D eigenvalue weighted by atomic mass is 10.0. The van der Waals surface area contributed by atoms with Crippen LogP contribution in [0.2, 0.25) is 0 Å². The van der Waals surface area contributed by atoms with Crippen LogP contribution in [0.4, 0.5) is 0 Å². The Hall–Kier alpha value is -1.68. The molecule has 0 heterocycles. The van der Waals surface area contributed by atoms with Crippen molar-refractivity contribution < 1.29 is 9.63 Å². The van der Waals surface area contributed by atoms with Crippen molar-refractivity contribution in [3.63, 3.8) is 0 Å². The molecule has 1 aliphatic carbocycles. The molecule has 3 rings (SSSR count). The van der Waals surface area contributed by atoms with E-state index in [1.165, 1.54) is 12.5 Å². The smallest absolute Gasteiger partial charge is 0.318 e. The fourth-order valence-corrected chi connectivity index (χ4v) is 2.86. The van der Waals surface area contributed by atoms with Crippen molar-refractivity contribution in [2.24, 2.45) is 5.16 Å². The van der Waals surface area contributed by atoms with Crippen molar-refractivity contribution in [3.8, 4) is 0 Å². The summed E-state index contributed by atoms with van der Waals surface area (Å²) >= 11 is 3.48. The van der Waals surface area contributed by atoms with Crippen LogP contribution in [0.15, 0.2) is 40.0 Å². The third-order valence-corrected chi connectivity index (χ3v) is 3.77. The Labute approximate surface area is 119 Å². The molecule has 0 unspecified atom stereocenters. The van der Waals surface area contributed by atoms with Crippen molar-refractivity contribution in [2.45, 2.75) is 19.8 Å². The van der Waals surface area contributed by atoms with Gasteiger partial charge in [-0.25, -0.2) is 4.79 Å². The minimum absolute atomic E-state index is 0.385. The van der Waals surface area contributed by atoms with Crippen molar-refractivity contribution in [1.29, 1.82) is 0 Å². The number of hydrogen-bond acceptors (Lipinski definition) is 3. The zero-order valence-electron chi connectivity index (χ0n) is 10.4. The first kappa shape index (κ1) is 12.4. The molecule has 0 bridgehead atoms. The lowest BCUT2D eigenvalue weighted by Crippen LogP contribution is -2.00. The van der Waals surface area contributed by atoms with E-state index in [0.717, 1.165) is 39.4 Å². The first-order valence-electron chi connectivity index (χ1n) is 6.11. The van der Waals surface area contributed by atoms with Gasteiger partial charge < -0.3 is 4.84 Å². The van der Waals surface area contributed by atoms with Crippen LogP contribution < -0.4 is 0 Å². The van der Waals surface area contributed by atoms with Gasteiger partial charge in [0.25, 0.3) is 0 Å². The van der Waals surface area contributed by atoms with E-state index < -0.39 is 0 Å². The summed E-state index contributed by atoms with van der Waals surface area (Å²) in [4.78, 5) is 15.7. The summed E-state index contributed by atoms with van der Waals surface area (Å²) in [6.45, 7) is 1.36. The predicted molar refractivity (Wildman–Crippen MR) is 78.3 cm³/mol. The molecule has 2 aromatic carbocycles. The summed E-state index contributed by atoms with van der Waals surface area (Å²) in [5, 5.41) is 6.31. The lowest BCUT2D eigenvalue weighted by molar-refractivity contribution is -0.140. The average molecular weight is 318 g/mol. The van der Waals surface area contributed by atoms with Crippen molar-refractivity contribution in [2.75, 3.05) is 0 Å². The van der Waals surface area contributed by atoms with E-state index >= 15 is 0 Å². The number of fused-ring (bicyclic) bond motifs is 3. The molecule has 0 aliphatic heterocycles. The van der Waals surface area contributed by atoms with Crippen LogP contribution in [0.25, 0.3) is 10.8 Å². The number of benzene rings is 2. The molecule has 19 heavy (non-hydrogen) atoms. The summed E-state index contributed by atoms with van der Waals surface area (Å²) in [5.74, 6) is -0.385. The largest absolute Gasteiger partial charge is 0.331 e. The van der Waals surface area contributed by atoms with Crippen molar-refractivity contribution in [1.82, 2.24) is 0 Å². The maximum atomic E-state index is 10.9. The van der Waals surface area contributed by atoms with Crippen LogP contribution in [-0.2, 0) is 16.1 Å². The van der Waals surface area contributed by atoms with E-state index in [9.17, 15) is 4.79 Å². The molecule has 0 saturated carbocycles. The molecule has 3 nitrogen and oxygen atoms in total. The van der Waals surface area contributed by atoms with Crippen LogP contribution in [-0.4, -0.2) is 11.7 Å². The Morgan fingerprint density at radius 2 is 2.11 bits per heavy atom. The topological polar surface area (TPSA) is 38.7 Å². The second kappa shape index (κ2) is 4.78. The monoisotopic (exact) mass is 317 g/mol. The van der Waals surface area contributed by atoms with E-state index in [4.69, 9.17) is 4.84 Å². The van der Waals surface area contributed by atoms with Gasteiger partial charge in [-0.3, -0.25) is 0 Å². The second-order valence-corrected chi connectivity index (χ2v) is 5.50. The van der Waals surface area contributed by atoms with Crippen LogP contribution in [0.5, 0.6) is 0 Å². The Morgan fingerprint density at radius 3 is 2.89 bits per heavy atom. The summed E-state index contributed by atoms with van der Waals surface area (Å²) < 4.78 is 1.05. The average Bonchev–Trinajstić information content (AvgIpc) is 2.79. The maximum absolute atomic E-state index is 10.9. The fourth-order valence-electron chi connectivity index (χ4n) is 2.48. The molecule has 2 aromatic rings. The van der Waals surface area contributed by atoms with Crippen LogP contribution in [0, 0.1) is 0 Å². The summed E-state index contributed by atoms with van der Waals surface area (Å²) in [7, 11) is 0. The van der Waals surface area contributed by atoms with Gasteiger partial charge in [0, 0.05) is 17.0 Å². The highest BCUT2D eigenvalue weighted by Gasteiger charge is 2.21. The normalized spacial score (nSPS) is 15.8. The van der Waals surface area contributed by atoms with Gasteiger partial charge in [-0.05, 0) is 41.3 Å². The van der Waals surface area contributed by atoms with Crippen molar-refractivity contribution >= 4 is 38.4 Å². The maximum Gasteiger partial charge on any atom is 0.331 e. The SMILES string of the molecule is CC(=O)O/N=C1/CCc2ccc3cc(Br)ccc3c21. The molecule has 1 aliphatic rings. The number of rotatable bonds is 1. The van der Waals surface area contributed by atoms with Gasteiger partial charge in [0.2, 0.25) is 0 Å². The molecule has 0 N–H and O–H groups in total. The first-order chi connectivity index (χ1) is 9.15. The molecule has 0 spiro atoms. The number of halogens is 1. The van der Waals surface area contributed by atoms with Gasteiger partial charge in [-0.15, -0.1) is 0 Å². The highest BCUT2D eigenvalue weighted by molar-refractivity contribution is 9.10. The zero-order chi connectivity index (χ0) is 13.4. The molecule has 4 heteroatoms. The quantitative estimate of drug-likeness (QED) is 0.592. The predicted octanol–water partition coefficient (Wildman–Crippen LogP) is 3.82. The summed E-state index contributed by atoms with van der Waals surface area (Å²) in [6.07, 6.45) is 1.76. The molecule has 96 valence electrons. The third kappa shape index (κ3) is 2.28. The Kier molecular flexibility index (Phi) is 3.11. The molecule has 0 fully saturated rings. The van der Waals surface area contributed by atoms with Crippen molar-refractivity contribution in [3.05, 3.63) is 45.9 Å². The Bertz CT molecular complexity index is 707. The number of oxime groups is 1. The molecule has 0 atom stereocenters. The summed E-state index contributed by atoms with van der Waals surface area (Å²) in [5.41, 5.74) is 3.24. The van der Waals surface area contributed by atoms with Gasteiger partial charge in [-0.1, -0.05) is 39.3 Å². The standard InChI is InChI=1S/C15H12BrNO2/c1-9(18)19-17-14-7-4-10-2-3-11-8-12(16)5-6-13(11)15(10)14/h2-3,5-6,8H,4,7H2,1H3/b17-14-. The van der Waals surface area contributed by atoms with E-state index in [2.05, 4.69) is 45.4 Å². The van der Waals surface area contributed by atoms with E-state index in [1.54, 1.807) is 0 Å².